The van der Waals surface area contributed by atoms with E-state index in [1.54, 1.807) is 0 Å². The van der Waals surface area contributed by atoms with Crippen molar-refractivity contribution in [1.82, 2.24) is 19.9 Å². The van der Waals surface area contributed by atoms with E-state index in [1.165, 1.54) is 6.33 Å². The first kappa shape index (κ1) is 9.81. The number of imidazole rings is 1. The minimum absolute atomic E-state index is 0.357. The second-order valence-corrected chi connectivity index (χ2v) is 3.33. The van der Waals surface area contributed by atoms with E-state index < -0.39 is 0 Å². The van der Waals surface area contributed by atoms with Crippen LogP contribution in [0.15, 0.2) is 6.33 Å². The molecule has 0 unspecified atom stereocenters. The van der Waals surface area contributed by atoms with Gasteiger partial charge >= 0.3 is 0 Å². The Morgan fingerprint density at radius 2 is 2.13 bits per heavy atom. The Hall–Kier alpha value is -1.73. The Bertz CT molecular complexity index is 461. The van der Waals surface area contributed by atoms with E-state index in [4.69, 9.17) is 17.2 Å². The Balaban J connectivity index is 2.28. The highest BCUT2D eigenvalue weighted by Crippen LogP contribution is 2.13. The minimum atomic E-state index is -0.357. The van der Waals surface area contributed by atoms with Crippen molar-refractivity contribution in [2.24, 2.45) is 11.5 Å². The molecular weight excluding hydrogens is 194 g/mol. The van der Waals surface area contributed by atoms with Gasteiger partial charge in [0.25, 0.3) is 0 Å². The lowest BCUT2D eigenvalue weighted by Gasteiger charge is -2.04. The molecule has 0 aromatic carbocycles. The van der Waals surface area contributed by atoms with Crippen LogP contribution in [-0.4, -0.2) is 26.1 Å². The van der Waals surface area contributed by atoms with Gasteiger partial charge in [0.2, 0.25) is 0 Å². The fourth-order valence-corrected chi connectivity index (χ4v) is 1.31. The Labute approximate surface area is 86.1 Å². The van der Waals surface area contributed by atoms with Crippen LogP contribution in [0.2, 0.25) is 0 Å². The number of nitrogens with zero attached hydrogens (tertiary/aromatic N) is 3. The van der Waals surface area contributed by atoms with Crippen LogP contribution in [0.1, 0.15) is 12.2 Å². The number of H-pyrrole nitrogens is 1. The number of rotatable bonds is 3. The van der Waals surface area contributed by atoms with Crippen molar-refractivity contribution in [1.29, 1.82) is 0 Å². The molecule has 2 aromatic heterocycles. The van der Waals surface area contributed by atoms with Crippen molar-refractivity contribution < 1.29 is 0 Å². The maximum atomic E-state index is 5.72. The Kier molecular flexibility index (Phi) is 2.48. The molecule has 7 heteroatoms. The summed E-state index contributed by atoms with van der Waals surface area (Å²) >= 11 is 0. The van der Waals surface area contributed by atoms with Gasteiger partial charge in [0.15, 0.2) is 11.5 Å². The summed E-state index contributed by atoms with van der Waals surface area (Å²) in [6.45, 7) is 0. The summed E-state index contributed by atoms with van der Waals surface area (Å²) in [4.78, 5) is 15.2. The van der Waals surface area contributed by atoms with Gasteiger partial charge in [-0.05, 0) is 6.42 Å². The Morgan fingerprint density at radius 3 is 2.87 bits per heavy atom. The first-order valence-electron chi connectivity index (χ1n) is 4.63. The molecule has 0 radical (unpaired) electrons. The van der Waals surface area contributed by atoms with Gasteiger partial charge in [-0.15, -0.1) is 0 Å². The number of nitrogens with one attached hydrogen (secondary N) is 1. The van der Waals surface area contributed by atoms with Crippen LogP contribution >= 0.6 is 0 Å². The molecule has 0 saturated heterocycles. The maximum absolute atomic E-state index is 5.72. The van der Waals surface area contributed by atoms with E-state index in [-0.39, 0.29) is 6.17 Å². The maximum Gasteiger partial charge on any atom is 0.183 e. The lowest BCUT2D eigenvalue weighted by Crippen LogP contribution is -2.30. The summed E-state index contributed by atoms with van der Waals surface area (Å²) in [5.41, 5.74) is 17.8. The molecule has 0 atom stereocenters. The summed E-state index contributed by atoms with van der Waals surface area (Å²) < 4.78 is 0. The fourth-order valence-electron chi connectivity index (χ4n) is 1.31. The molecule has 80 valence electrons. The molecule has 2 rings (SSSR count). The molecule has 0 saturated carbocycles. The number of nitrogens with two attached hydrogens (primary N) is 3. The largest absolute Gasteiger partial charge is 0.382 e. The average molecular weight is 207 g/mol. The van der Waals surface area contributed by atoms with Crippen molar-refractivity contribution in [2.75, 3.05) is 5.73 Å². The summed E-state index contributed by atoms with van der Waals surface area (Å²) in [6, 6.07) is 0. The molecule has 0 bridgehead atoms. The Morgan fingerprint density at radius 1 is 1.33 bits per heavy atom. The predicted molar refractivity (Wildman–Crippen MR) is 56.6 cm³/mol. The van der Waals surface area contributed by atoms with Crippen molar-refractivity contribution in [2.45, 2.75) is 19.0 Å². The van der Waals surface area contributed by atoms with Gasteiger partial charge in [0, 0.05) is 6.42 Å². The number of anilines is 1. The molecule has 15 heavy (non-hydrogen) atoms. The van der Waals surface area contributed by atoms with Crippen molar-refractivity contribution in [3.8, 4) is 0 Å². The molecule has 0 fully saturated rings. The number of hydrogen-bond donors (Lipinski definition) is 4. The standard InChI is InChI=1S/C8H13N7/c9-4(10)1-2-5-14-7(11)6-8(15-5)13-3-12-6/h3-4H,1-2,9-10H2,(H3,11,12,13,14,15). The predicted octanol–water partition coefficient (Wildman–Crippen LogP) is -0.889. The van der Waals surface area contributed by atoms with Crippen LogP contribution < -0.4 is 17.2 Å². The van der Waals surface area contributed by atoms with Gasteiger partial charge in [0.05, 0.1) is 12.5 Å². The molecule has 7 N–H and O–H groups in total. The minimum Gasteiger partial charge on any atom is -0.382 e. The third-order valence-corrected chi connectivity index (χ3v) is 2.06. The number of aromatic amines is 1. The van der Waals surface area contributed by atoms with Gasteiger partial charge in [-0.25, -0.2) is 15.0 Å². The highest BCUT2D eigenvalue weighted by Gasteiger charge is 2.07. The van der Waals surface area contributed by atoms with E-state index in [9.17, 15) is 0 Å². The highest BCUT2D eigenvalue weighted by atomic mass is 15.0. The second kappa shape index (κ2) is 3.79. The molecular formula is C8H13N7. The molecule has 2 heterocycles. The van der Waals surface area contributed by atoms with Gasteiger partial charge in [-0.2, -0.15) is 0 Å². The summed E-state index contributed by atoms with van der Waals surface area (Å²) in [5, 5.41) is 0. The lowest BCUT2D eigenvalue weighted by atomic mass is 10.2. The van der Waals surface area contributed by atoms with Crippen LogP contribution in [0.3, 0.4) is 0 Å². The van der Waals surface area contributed by atoms with Crippen LogP contribution in [0.5, 0.6) is 0 Å². The number of nitrogen functional groups attached to an aromatic ring is 1. The number of fused-ring (bicyclic) bond motifs is 1. The van der Waals surface area contributed by atoms with Crippen LogP contribution in [-0.2, 0) is 6.42 Å². The van der Waals surface area contributed by atoms with E-state index >= 15 is 0 Å². The molecule has 0 aliphatic heterocycles. The first-order chi connectivity index (χ1) is 7.16. The van der Waals surface area contributed by atoms with E-state index in [2.05, 4.69) is 19.9 Å². The number of aryl methyl sites for hydroxylation is 1. The van der Waals surface area contributed by atoms with E-state index in [0.717, 1.165) is 0 Å². The molecule has 0 spiro atoms. The van der Waals surface area contributed by atoms with Crippen LogP contribution in [0.25, 0.3) is 11.2 Å². The third kappa shape index (κ3) is 2.03. The monoisotopic (exact) mass is 207 g/mol. The van der Waals surface area contributed by atoms with Crippen LogP contribution in [0, 0.1) is 0 Å². The van der Waals surface area contributed by atoms with Gasteiger partial charge in [-0.3, -0.25) is 0 Å². The molecule has 0 amide bonds. The molecule has 0 aliphatic carbocycles. The number of aromatic nitrogens is 4. The molecule has 0 aliphatic rings. The zero-order chi connectivity index (χ0) is 10.8. The normalized spacial score (nSPS) is 11.4. The summed E-state index contributed by atoms with van der Waals surface area (Å²) in [7, 11) is 0. The molecule has 2 aromatic rings. The van der Waals surface area contributed by atoms with E-state index in [1.807, 2.05) is 0 Å². The average Bonchev–Trinajstić information content (AvgIpc) is 2.63. The van der Waals surface area contributed by atoms with Crippen molar-refractivity contribution in [3.05, 3.63) is 12.2 Å². The second-order valence-electron chi connectivity index (χ2n) is 3.33. The summed E-state index contributed by atoms with van der Waals surface area (Å²) in [6.07, 6.45) is 2.40. The number of hydrogen-bond acceptors (Lipinski definition) is 6. The van der Waals surface area contributed by atoms with Crippen LogP contribution in [0.4, 0.5) is 5.82 Å². The fraction of sp³-hybridized carbons (Fsp3) is 0.375. The van der Waals surface area contributed by atoms with E-state index in [0.29, 0.717) is 35.6 Å². The van der Waals surface area contributed by atoms with Crippen molar-refractivity contribution >= 4 is 17.0 Å². The zero-order valence-electron chi connectivity index (χ0n) is 8.14. The first-order valence-corrected chi connectivity index (χ1v) is 4.63. The zero-order valence-corrected chi connectivity index (χ0v) is 8.14. The van der Waals surface area contributed by atoms with Gasteiger partial charge < -0.3 is 22.2 Å². The summed E-state index contributed by atoms with van der Waals surface area (Å²) in [5.74, 6) is 1.02. The quantitative estimate of drug-likeness (QED) is 0.483. The SMILES string of the molecule is Nc1nc(CCC(N)N)nc2nc[nH]c12. The molecule has 7 nitrogen and oxygen atoms in total. The van der Waals surface area contributed by atoms with Gasteiger partial charge in [-0.1, -0.05) is 0 Å². The third-order valence-electron chi connectivity index (χ3n) is 2.06. The lowest BCUT2D eigenvalue weighted by molar-refractivity contribution is 0.625. The topological polar surface area (TPSA) is 133 Å². The van der Waals surface area contributed by atoms with Crippen molar-refractivity contribution in [3.63, 3.8) is 0 Å². The smallest absolute Gasteiger partial charge is 0.183 e. The highest BCUT2D eigenvalue weighted by molar-refractivity contribution is 5.80. The van der Waals surface area contributed by atoms with Gasteiger partial charge in [0.1, 0.15) is 11.3 Å².